The molecule has 0 radical (unpaired) electrons. The van der Waals surface area contributed by atoms with Crippen molar-refractivity contribution < 1.29 is 17.7 Å². The molecule has 1 aliphatic rings. The number of benzene rings is 2. The topological polar surface area (TPSA) is 97.6 Å². The van der Waals surface area contributed by atoms with Crippen LogP contribution in [0.15, 0.2) is 57.9 Å². The Morgan fingerprint density at radius 1 is 1.17 bits per heavy atom. The molecule has 2 aromatic carbocycles. The molecular formula is C20H21ClN4O4S. The molecule has 3 aromatic rings. The van der Waals surface area contributed by atoms with E-state index in [4.69, 9.17) is 20.9 Å². The minimum atomic E-state index is -3.65. The third kappa shape index (κ3) is 4.34. The lowest BCUT2D eigenvalue weighted by molar-refractivity contribution is 0.244. The Balaban J connectivity index is 1.46. The molecule has 2 unspecified atom stereocenters. The Labute approximate surface area is 179 Å². The highest BCUT2D eigenvalue weighted by Crippen LogP contribution is 2.32. The van der Waals surface area contributed by atoms with Crippen LogP contribution >= 0.6 is 11.6 Å². The lowest BCUT2D eigenvalue weighted by Gasteiger charge is -2.14. The van der Waals surface area contributed by atoms with Crippen molar-refractivity contribution in [1.29, 1.82) is 0 Å². The van der Waals surface area contributed by atoms with E-state index < -0.39 is 10.0 Å². The van der Waals surface area contributed by atoms with Gasteiger partial charge in [0.05, 0.1) is 18.0 Å². The van der Waals surface area contributed by atoms with Crippen molar-refractivity contribution in [2.24, 2.45) is 0 Å². The third-order valence-electron chi connectivity index (χ3n) is 5.07. The van der Waals surface area contributed by atoms with Gasteiger partial charge in [-0.2, -0.15) is 4.98 Å². The van der Waals surface area contributed by atoms with Gasteiger partial charge in [-0.15, -0.1) is 0 Å². The van der Waals surface area contributed by atoms with E-state index in [0.717, 1.165) is 11.3 Å². The summed E-state index contributed by atoms with van der Waals surface area (Å²) in [6.07, 6.45) is 0.521. The number of nitrogens with zero attached hydrogens (tertiary/aromatic N) is 3. The number of methoxy groups -OCH3 is 1. The van der Waals surface area contributed by atoms with E-state index in [-0.39, 0.29) is 17.0 Å². The minimum Gasteiger partial charge on any atom is -0.497 e. The number of nitrogens with one attached hydrogen (secondary N) is 1. The molecule has 1 saturated heterocycles. The Morgan fingerprint density at radius 2 is 1.87 bits per heavy atom. The van der Waals surface area contributed by atoms with E-state index in [1.807, 2.05) is 36.2 Å². The molecule has 158 valence electrons. The first-order chi connectivity index (χ1) is 14.4. The molecule has 1 aliphatic heterocycles. The van der Waals surface area contributed by atoms with Gasteiger partial charge in [-0.1, -0.05) is 16.8 Å². The first-order valence-electron chi connectivity index (χ1n) is 9.32. The predicted molar refractivity (Wildman–Crippen MR) is 112 cm³/mol. The molecule has 8 nitrogen and oxygen atoms in total. The fraction of sp³-hybridized carbons (Fsp3) is 0.300. The lowest BCUT2D eigenvalue weighted by Crippen LogP contribution is -2.36. The number of ether oxygens (including phenoxy) is 1. The molecule has 0 bridgehead atoms. The second-order valence-corrected chi connectivity index (χ2v) is 9.30. The molecule has 10 heteroatoms. The highest BCUT2D eigenvalue weighted by molar-refractivity contribution is 7.89. The SMILES string of the molecule is COc1ccc(-c2noc(C3CC(NS(=O)(=O)c4ccc(Cl)cc4)CN3C)n2)cc1. The molecule has 0 aliphatic carbocycles. The van der Waals surface area contributed by atoms with Crippen LogP contribution in [0, 0.1) is 0 Å². The number of hydrogen-bond donors (Lipinski definition) is 1. The van der Waals surface area contributed by atoms with Crippen molar-refractivity contribution in [3.8, 4) is 17.1 Å². The quantitative estimate of drug-likeness (QED) is 0.618. The van der Waals surface area contributed by atoms with Gasteiger partial charge in [-0.3, -0.25) is 4.90 Å². The monoisotopic (exact) mass is 448 g/mol. The van der Waals surface area contributed by atoms with E-state index in [1.165, 1.54) is 12.1 Å². The summed E-state index contributed by atoms with van der Waals surface area (Å²) in [7, 11) is -0.140. The van der Waals surface area contributed by atoms with Crippen molar-refractivity contribution in [1.82, 2.24) is 19.8 Å². The van der Waals surface area contributed by atoms with E-state index >= 15 is 0 Å². The van der Waals surface area contributed by atoms with Crippen LogP contribution < -0.4 is 9.46 Å². The molecule has 0 saturated carbocycles. The average molecular weight is 449 g/mol. The summed E-state index contributed by atoms with van der Waals surface area (Å²) in [4.78, 5) is 6.69. The summed E-state index contributed by atoms with van der Waals surface area (Å²) in [5, 5.41) is 4.56. The summed E-state index contributed by atoms with van der Waals surface area (Å²) in [5.74, 6) is 1.68. The maximum atomic E-state index is 12.7. The van der Waals surface area contributed by atoms with Gasteiger partial charge in [0.1, 0.15) is 5.75 Å². The maximum Gasteiger partial charge on any atom is 0.244 e. The Hall–Kier alpha value is -2.46. The normalized spacial score (nSPS) is 19.8. The number of hydrogen-bond acceptors (Lipinski definition) is 7. The second-order valence-electron chi connectivity index (χ2n) is 7.15. The Kier molecular flexibility index (Phi) is 5.79. The number of halogens is 1. The molecule has 0 amide bonds. The van der Waals surface area contributed by atoms with Crippen molar-refractivity contribution in [2.75, 3.05) is 20.7 Å². The summed E-state index contributed by atoms with van der Waals surface area (Å²) in [5.41, 5.74) is 0.812. The lowest BCUT2D eigenvalue weighted by atomic mass is 10.2. The molecule has 1 aromatic heterocycles. The van der Waals surface area contributed by atoms with E-state index in [9.17, 15) is 8.42 Å². The van der Waals surface area contributed by atoms with Crippen LogP contribution in [0.4, 0.5) is 0 Å². The fourth-order valence-electron chi connectivity index (χ4n) is 3.50. The number of rotatable bonds is 6. The Bertz CT molecular complexity index is 1120. The molecule has 1 N–H and O–H groups in total. The third-order valence-corrected chi connectivity index (χ3v) is 6.86. The van der Waals surface area contributed by atoms with Crippen LogP contribution in [0.2, 0.25) is 5.02 Å². The highest BCUT2D eigenvalue weighted by atomic mass is 35.5. The summed E-state index contributed by atoms with van der Waals surface area (Å²) in [6.45, 7) is 0.526. The summed E-state index contributed by atoms with van der Waals surface area (Å²) in [6, 6.07) is 13.0. The van der Waals surface area contributed by atoms with Crippen molar-refractivity contribution in [3.05, 3.63) is 59.4 Å². The number of likely N-dealkylation sites (N-methyl/N-ethyl adjacent to an activating group) is 1. The molecule has 4 rings (SSSR count). The van der Waals surface area contributed by atoms with E-state index in [2.05, 4.69) is 14.9 Å². The van der Waals surface area contributed by atoms with E-state index in [0.29, 0.717) is 29.7 Å². The van der Waals surface area contributed by atoms with Crippen LogP contribution in [-0.2, 0) is 10.0 Å². The zero-order valence-corrected chi connectivity index (χ0v) is 18.0. The minimum absolute atomic E-state index is 0.178. The van der Waals surface area contributed by atoms with Gasteiger partial charge in [-0.25, -0.2) is 13.1 Å². The summed E-state index contributed by atoms with van der Waals surface area (Å²) < 4.78 is 38.7. The average Bonchev–Trinajstić information content (AvgIpc) is 3.34. The van der Waals surface area contributed by atoms with Gasteiger partial charge in [0, 0.05) is 23.2 Å². The smallest absolute Gasteiger partial charge is 0.244 e. The highest BCUT2D eigenvalue weighted by Gasteiger charge is 2.36. The van der Waals surface area contributed by atoms with Gasteiger partial charge in [-0.05, 0) is 62.0 Å². The molecule has 2 atom stereocenters. The molecule has 0 spiro atoms. The van der Waals surface area contributed by atoms with Gasteiger partial charge < -0.3 is 9.26 Å². The zero-order chi connectivity index (χ0) is 21.3. The zero-order valence-electron chi connectivity index (χ0n) is 16.4. The van der Waals surface area contributed by atoms with Gasteiger partial charge >= 0.3 is 0 Å². The Morgan fingerprint density at radius 3 is 2.53 bits per heavy atom. The van der Waals surface area contributed by atoms with Crippen LogP contribution in [0.3, 0.4) is 0 Å². The largest absolute Gasteiger partial charge is 0.497 e. The fourth-order valence-corrected chi connectivity index (χ4v) is 4.87. The van der Waals surface area contributed by atoms with Crippen molar-refractivity contribution in [2.45, 2.75) is 23.4 Å². The number of likely N-dealkylation sites (tertiary alicyclic amines) is 1. The molecule has 2 heterocycles. The van der Waals surface area contributed by atoms with Crippen LogP contribution in [0.25, 0.3) is 11.4 Å². The van der Waals surface area contributed by atoms with Crippen molar-refractivity contribution in [3.63, 3.8) is 0 Å². The van der Waals surface area contributed by atoms with Gasteiger partial charge in [0.25, 0.3) is 0 Å². The van der Waals surface area contributed by atoms with Crippen LogP contribution in [0.5, 0.6) is 5.75 Å². The molecule has 1 fully saturated rings. The first-order valence-corrected chi connectivity index (χ1v) is 11.2. The maximum absolute atomic E-state index is 12.7. The first kappa shape index (κ1) is 20.8. The van der Waals surface area contributed by atoms with E-state index in [1.54, 1.807) is 19.2 Å². The second kappa shape index (κ2) is 8.35. The predicted octanol–water partition coefficient (Wildman–Crippen LogP) is 3.12. The number of aromatic nitrogens is 2. The van der Waals surface area contributed by atoms with Gasteiger partial charge in [0.2, 0.25) is 21.7 Å². The van der Waals surface area contributed by atoms with Gasteiger partial charge in [0.15, 0.2) is 0 Å². The number of sulfonamides is 1. The molecule has 30 heavy (non-hydrogen) atoms. The summed E-state index contributed by atoms with van der Waals surface area (Å²) >= 11 is 5.85. The standard InChI is InChI=1S/C20H21ClN4O4S/c1-25-12-15(24-30(26,27)17-9-5-14(21)6-10-17)11-18(25)20-22-19(23-29-20)13-3-7-16(28-2)8-4-13/h3-10,15,18,24H,11-12H2,1-2H3. The molecular weight excluding hydrogens is 428 g/mol. The van der Waals surface area contributed by atoms with Crippen LogP contribution in [-0.4, -0.2) is 50.2 Å². The van der Waals surface area contributed by atoms with Crippen molar-refractivity contribution >= 4 is 21.6 Å². The van der Waals surface area contributed by atoms with Crippen LogP contribution in [0.1, 0.15) is 18.4 Å².